The van der Waals surface area contributed by atoms with Crippen molar-refractivity contribution in [2.75, 3.05) is 7.05 Å². The average Bonchev–Trinajstić information content (AvgIpc) is 2.38. The van der Waals surface area contributed by atoms with Gasteiger partial charge in [-0.2, -0.15) is 5.10 Å². The number of thiocarbonyl (C=S) groups is 1. The second-order valence-corrected chi connectivity index (χ2v) is 3.00. The maximum Gasteiger partial charge on any atom is 0.195 e. The zero-order valence-corrected chi connectivity index (χ0v) is 7.14. The smallest absolute Gasteiger partial charge is 0.195 e. The third kappa shape index (κ3) is 0.841. The summed E-state index contributed by atoms with van der Waals surface area (Å²) in [6.45, 7) is 1.96. The van der Waals surface area contributed by atoms with E-state index in [4.69, 9.17) is 12.2 Å². The molecule has 11 heavy (non-hydrogen) atoms. The molecule has 2 aliphatic rings. The van der Waals surface area contributed by atoms with Crippen LogP contribution in [-0.4, -0.2) is 34.8 Å². The van der Waals surface area contributed by atoms with Crippen molar-refractivity contribution in [3.63, 3.8) is 0 Å². The fourth-order valence-electron chi connectivity index (χ4n) is 1.28. The fourth-order valence-corrected chi connectivity index (χ4v) is 1.50. The van der Waals surface area contributed by atoms with Gasteiger partial charge < -0.3 is 5.32 Å². The first-order valence-electron chi connectivity index (χ1n) is 3.36. The highest BCUT2D eigenvalue weighted by atomic mass is 32.1. The number of hydrazone groups is 1. The van der Waals surface area contributed by atoms with Crippen LogP contribution in [-0.2, 0) is 0 Å². The van der Waals surface area contributed by atoms with E-state index >= 15 is 0 Å². The minimum atomic E-state index is 0.132. The Bertz CT molecular complexity index is 280. The summed E-state index contributed by atoms with van der Waals surface area (Å²) in [5.74, 6) is 0.910. The molecule has 2 rings (SSSR count). The Morgan fingerprint density at radius 3 is 3.00 bits per heavy atom. The minimum Gasteiger partial charge on any atom is -0.346 e. The Hall–Kier alpha value is -0.970. The molecule has 0 aromatic heterocycles. The number of nitrogens with zero attached hydrogens (tertiary/aromatic N) is 3. The third-order valence-electron chi connectivity index (χ3n) is 1.80. The van der Waals surface area contributed by atoms with E-state index in [1.807, 2.05) is 14.0 Å². The van der Waals surface area contributed by atoms with Crippen molar-refractivity contribution in [1.29, 1.82) is 0 Å². The molecular weight excluding hydrogens is 160 g/mol. The van der Waals surface area contributed by atoms with E-state index < -0.39 is 0 Å². The van der Waals surface area contributed by atoms with E-state index in [0.717, 1.165) is 11.5 Å². The summed E-state index contributed by atoms with van der Waals surface area (Å²) in [5, 5.41) is 9.57. The highest BCUT2D eigenvalue weighted by molar-refractivity contribution is 7.80. The van der Waals surface area contributed by atoms with Gasteiger partial charge in [-0.25, -0.2) is 4.99 Å². The molecule has 1 atom stereocenters. The van der Waals surface area contributed by atoms with Crippen molar-refractivity contribution in [3.8, 4) is 0 Å². The van der Waals surface area contributed by atoms with Crippen LogP contribution in [0.5, 0.6) is 0 Å². The molecule has 2 aliphatic heterocycles. The molecule has 0 amide bonds. The summed E-state index contributed by atoms with van der Waals surface area (Å²) in [6.07, 6.45) is 0. The van der Waals surface area contributed by atoms with Gasteiger partial charge in [0, 0.05) is 7.05 Å². The largest absolute Gasteiger partial charge is 0.346 e. The molecule has 0 saturated carbocycles. The van der Waals surface area contributed by atoms with Crippen LogP contribution in [0.2, 0.25) is 0 Å². The average molecular weight is 168 g/mol. The van der Waals surface area contributed by atoms with Gasteiger partial charge >= 0.3 is 0 Å². The van der Waals surface area contributed by atoms with Crippen molar-refractivity contribution in [2.24, 2.45) is 10.1 Å². The fraction of sp³-hybridized carbons (Fsp3) is 0.500. The number of aliphatic imine (C=N–C) groups is 1. The van der Waals surface area contributed by atoms with E-state index in [1.165, 1.54) is 0 Å². The number of nitrogens with one attached hydrogen (secondary N) is 1. The summed E-state index contributed by atoms with van der Waals surface area (Å²) >= 11 is 4.90. The molecule has 0 aromatic rings. The zero-order chi connectivity index (χ0) is 8.01. The van der Waals surface area contributed by atoms with Gasteiger partial charge in [0.15, 0.2) is 10.9 Å². The first kappa shape index (κ1) is 6.72. The van der Waals surface area contributed by atoms with Gasteiger partial charge in [-0.3, -0.25) is 5.01 Å². The lowest BCUT2D eigenvalue weighted by Gasteiger charge is -2.06. The predicted octanol–water partition coefficient (Wildman–Crippen LogP) is -0.0371. The van der Waals surface area contributed by atoms with Crippen LogP contribution in [0.25, 0.3) is 0 Å². The van der Waals surface area contributed by atoms with Crippen LogP contribution in [0.1, 0.15) is 6.92 Å². The maximum atomic E-state index is 4.90. The molecular formula is C6H8N4S. The Morgan fingerprint density at radius 2 is 2.36 bits per heavy atom. The Kier molecular flexibility index (Phi) is 1.23. The second kappa shape index (κ2) is 2.01. The molecule has 2 heterocycles. The molecule has 4 nitrogen and oxygen atoms in total. The molecule has 1 unspecified atom stereocenters. The van der Waals surface area contributed by atoms with Crippen molar-refractivity contribution >= 4 is 28.9 Å². The molecule has 0 aliphatic carbocycles. The van der Waals surface area contributed by atoms with Crippen LogP contribution in [0.3, 0.4) is 0 Å². The van der Waals surface area contributed by atoms with E-state index in [-0.39, 0.29) is 6.04 Å². The molecule has 1 N–H and O–H groups in total. The maximum absolute atomic E-state index is 4.90. The van der Waals surface area contributed by atoms with Gasteiger partial charge in [0.2, 0.25) is 0 Å². The van der Waals surface area contributed by atoms with Crippen LogP contribution in [0.4, 0.5) is 0 Å². The Balaban J connectivity index is 2.37. The van der Waals surface area contributed by atoms with Gasteiger partial charge in [0.25, 0.3) is 0 Å². The van der Waals surface area contributed by atoms with Crippen molar-refractivity contribution in [3.05, 3.63) is 0 Å². The van der Waals surface area contributed by atoms with E-state index in [0.29, 0.717) is 5.11 Å². The highest BCUT2D eigenvalue weighted by Gasteiger charge is 2.33. The molecule has 0 fully saturated rings. The number of rotatable bonds is 0. The lowest BCUT2D eigenvalue weighted by Crippen LogP contribution is -2.36. The molecule has 0 spiro atoms. The standard InChI is InChI=1S/C6H8N4S/c1-3-4-5(10(2)9-3)8-6(11)7-4/h4H,1-2H3,(H,7,11). The van der Waals surface area contributed by atoms with E-state index in [9.17, 15) is 0 Å². The Morgan fingerprint density at radius 1 is 1.64 bits per heavy atom. The summed E-state index contributed by atoms with van der Waals surface area (Å²) in [6, 6.07) is 0.132. The molecule has 0 bridgehead atoms. The lowest BCUT2D eigenvalue weighted by molar-refractivity contribution is 0.555. The number of hydrogen-bond acceptors (Lipinski definition) is 3. The quantitative estimate of drug-likeness (QED) is 0.516. The first-order valence-corrected chi connectivity index (χ1v) is 3.77. The molecule has 0 aromatic carbocycles. The van der Waals surface area contributed by atoms with Crippen molar-refractivity contribution in [1.82, 2.24) is 10.3 Å². The predicted molar refractivity (Wildman–Crippen MR) is 47.8 cm³/mol. The second-order valence-electron chi connectivity index (χ2n) is 2.62. The number of fused-ring (bicyclic) bond motifs is 1. The summed E-state index contributed by atoms with van der Waals surface area (Å²) < 4.78 is 0. The number of hydrogen-bond donors (Lipinski definition) is 1. The van der Waals surface area contributed by atoms with Gasteiger partial charge in [-0.1, -0.05) is 0 Å². The summed E-state index contributed by atoms with van der Waals surface area (Å²) in [7, 11) is 1.87. The van der Waals surface area contributed by atoms with Crippen LogP contribution in [0.15, 0.2) is 10.1 Å². The number of amidine groups is 1. The molecule has 5 heteroatoms. The lowest BCUT2D eigenvalue weighted by atomic mass is 10.2. The first-order chi connectivity index (χ1) is 5.18. The van der Waals surface area contributed by atoms with Gasteiger partial charge in [0.05, 0.1) is 5.71 Å². The normalized spacial score (nSPS) is 28.0. The van der Waals surface area contributed by atoms with Gasteiger partial charge in [-0.05, 0) is 19.1 Å². The monoisotopic (exact) mass is 168 g/mol. The topological polar surface area (TPSA) is 40.0 Å². The van der Waals surface area contributed by atoms with Crippen molar-refractivity contribution < 1.29 is 0 Å². The zero-order valence-electron chi connectivity index (χ0n) is 6.33. The third-order valence-corrected chi connectivity index (χ3v) is 2.01. The minimum absolute atomic E-state index is 0.132. The van der Waals surface area contributed by atoms with Gasteiger partial charge in [0.1, 0.15) is 6.04 Å². The van der Waals surface area contributed by atoms with E-state index in [2.05, 4.69) is 15.4 Å². The van der Waals surface area contributed by atoms with Crippen LogP contribution < -0.4 is 5.32 Å². The SMILES string of the molecule is CC1=NN(C)C2=NC(=S)NC12. The molecule has 58 valence electrons. The van der Waals surface area contributed by atoms with Crippen molar-refractivity contribution in [2.45, 2.75) is 13.0 Å². The number of likely N-dealkylation sites (N-methyl/N-ethyl adjacent to an activating group) is 1. The summed E-state index contributed by atoms with van der Waals surface area (Å²) in [4.78, 5) is 4.13. The Labute approximate surface area is 70.0 Å². The molecule has 0 radical (unpaired) electrons. The van der Waals surface area contributed by atoms with Gasteiger partial charge in [-0.15, -0.1) is 0 Å². The van der Waals surface area contributed by atoms with Crippen LogP contribution in [0, 0.1) is 0 Å². The highest BCUT2D eigenvalue weighted by Crippen LogP contribution is 2.13. The molecule has 0 saturated heterocycles. The summed E-state index contributed by atoms with van der Waals surface area (Å²) in [5.41, 5.74) is 1.02. The van der Waals surface area contributed by atoms with Crippen LogP contribution >= 0.6 is 12.2 Å². The van der Waals surface area contributed by atoms with E-state index in [1.54, 1.807) is 5.01 Å².